The summed E-state index contributed by atoms with van der Waals surface area (Å²) in [5.74, 6) is 1.79. The van der Waals surface area contributed by atoms with Gasteiger partial charge in [0.1, 0.15) is 0 Å². The van der Waals surface area contributed by atoms with Gasteiger partial charge in [-0.1, -0.05) is 13.0 Å². The summed E-state index contributed by atoms with van der Waals surface area (Å²) >= 11 is 0. The highest BCUT2D eigenvalue weighted by atomic mass is 15.2. The van der Waals surface area contributed by atoms with Crippen molar-refractivity contribution >= 4 is 5.96 Å². The minimum absolute atomic E-state index is 0.856. The fourth-order valence-corrected chi connectivity index (χ4v) is 3.32. The number of rotatable bonds is 9. The first-order valence-corrected chi connectivity index (χ1v) is 9.92. The minimum Gasteiger partial charge on any atom is -0.357 e. The van der Waals surface area contributed by atoms with Gasteiger partial charge in [-0.15, -0.1) is 0 Å². The molecule has 1 aliphatic rings. The second-order valence-electron chi connectivity index (χ2n) is 7.01. The molecule has 0 spiro atoms. The Labute approximate surface area is 153 Å². The number of guanidine groups is 1. The van der Waals surface area contributed by atoms with Gasteiger partial charge in [-0.2, -0.15) is 0 Å². The smallest absolute Gasteiger partial charge is 0.191 e. The molecule has 0 aliphatic carbocycles. The molecule has 140 valence electrons. The summed E-state index contributed by atoms with van der Waals surface area (Å²) in [5.41, 5.74) is 1.11. The Morgan fingerprint density at radius 3 is 3.00 bits per heavy atom. The lowest BCUT2D eigenvalue weighted by molar-refractivity contribution is 0.181. The number of unbranched alkanes of at least 4 members (excludes halogenated alkanes) is 1. The van der Waals surface area contributed by atoms with Crippen molar-refractivity contribution in [3.05, 3.63) is 30.1 Å². The summed E-state index contributed by atoms with van der Waals surface area (Å²) in [4.78, 5) is 11.7. The van der Waals surface area contributed by atoms with Gasteiger partial charge in [-0.3, -0.25) is 9.98 Å². The third-order valence-corrected chi connectivity index (χ3v) is 4.64. The van der Waals surface area contributed by atoms with Gasteiger partial charge in [0.25, 0.3) is 0 Å². The Morgan fingerprint density at radius 1 is 1.32 bits per heavy atom. The number of aliphatic imine (C=N–C) groups is 1. The van der Waals surface area contributed by atoms with E-state index in [0.717, 1.165) is 50.0 Å². The SMILES string of the molecule is CCNC(=NCCCCN1CCCC(C)C1)NCCc1ccccn1. The van der Waals surface area contributed by atoms with Crippen LogP contribution in [0.4, 0.5) is 0 Å². The van der Waals surface area contributed by atoms with E-state index in [0.29, 0.717) is 0 Å². The van der Waals surface area contributed by atoms with Crippen LogP contribution >= 0.6 is 0 Å². The zero-order valence-electron chi connectivity index (χ0n) is 16.0. The molecule has 1 aliphatic heterocycles. The van der Waals surface area contributed by atoms with Crippen LogP contribution in [0.5, 0.6) is 0 Å². The lowest BCUT2D eigenvalue weighted by Crippen LogP contribution is -2.38. The van der Waals surface area contributed by atoms with Crippen molar-refractivity contribution in [3.8, 4) is 0 Å². The van der Waals surface area contributed by atoms with Crippen molar-refractivity contribution in [2.45, 2.75) is 46.0 Å². The van der Waals surface area contributed by atoms with Crippen molar-refractivity contribution < 1.29 is 0 Å². The molecule has 1 aromatic rings. The number of nitrogens with zero attached hydrogens (tertiary/aromatic N) is 3. The van der Waals surface area contributed by atoms with Gasteiger partial charge >= 0.3 is 0 Å². The lowest BCUT2D eigenvalue weighted by Gasteiger charge is -2.30. The summed E-state index contributed by atoms with van der Waals surface area (Å²) in [6.07, 6.45) is 7.92. The zero-order chi connectivity index (χ0) is 17.7. The Hall–Kier alpha value is -1.62. The topological polar surface area (TPSA) is 52.6 Å². The third-order valence-electron chi connectivity index (χ3n) is 4.64. The van der Waals surface area contributed by atoms with Crippen LogP contribution in [0.2, 0.25) is 0 Å². The van der Waals surface area contributed by atoms with E-state index in [1.165, 1.54) is 38.9 Å². The largest absolute Gasteiger partial charge is 0.357 e. The van der Waals surface area contributed by atoms with E-state index in [-0.39, 0.29) is 0 Å². The molecule has 2 heterocycles. The van der Waals surface area contributed by atoms with E-state index in [1.54, 1.807) is 0 Å². The Morgan fingerprint density at radius 2 is 2.24 bits per heavy atom. The van der Waals surface area contributed by atoms with Crippen molar-refractivity contribution in [2.24, 2.45) is 10.9 Å². The van der Waals surface area contributed by atoms with E-state index in [2.05, 4.69) is 40.4 Å². The number of nitrogens with one attached hydrogen (secondary N) is 2. The highest BCUT2D eigenvalue weighted by Gasteiger charge is 2.15. The fourth-order valence-electron chi connectivity index (χ4n) is 3.32. The van der Waals surface area contributed by atoms with Crippen LogP contribution in [0.3, 0.4) is 0 Å². The monoisotopic (exact) mass is 345 g/mol. The van der Waals surface area contributed by atoms with Crippen molar-refractivity contribution in [3.63, 3.8) is 0 Å². The highest BCUT2D eigenvalue weighted by molar-refractivity contribution is 5.79. The molecule has 0 amide bonds. The first-order valence-electron chi connectivity index (χ1n) is 9.92. The highest BCUT2D eigenvalue weighted by Crippen LogP contribution is 2.15. The summed E-state index contributed by atoms with van der Waals surface area (Å²) in [5, 5.41) is 6.73. The van der Waals surface area contributed by atoms with Gasteiger partial charge in [0.15, 0.2) is 5.96 Å². The standard InChI is InChI=1S/C20H35N5/c1-3-21-20(24-14-11-19-10-4-5-12-22-19)23-13-6-7-15-25-16-8-9-18(2)17-25/h4-5,10,12,18H,3,6-9,11,13-17H2,1-2H3,(H2,21,23,24). The lowest BCUT2D eigenvalue weighted by atomic mass is 10.0. The van der Waals surface area contributed by atoms with Gasteiger partial charge in [0.05, 0.1) is 0 Å². The normalized spacial score (nSPS) is 19.0. The van der Waals surface area contributed by atoms with Crippen molar-refractivity contribution in [1.29, 1.82) is 0 Å². The second kappa shape index (κ2) is 11.9. The molecule has 0 bridgehead atoms. The molecule has 25 heavy (non-hydrogen) atoms. The quantitative estimate of drug-likeness (QED) is 0.410. The van der Waals surface area contributed by atoms with Gasteiger partial charge in [0.2, 0.25) is 0 Å². The number of piperidine rings is 1. The summed E-state index contributed by atoms with van der Waals surface area (Å²) < 4.78 is 0. The van der Waals surface area contributed by atoms with Gasteiger partial charge in [-0.25, -0.2) is 0 Å². The van der Waals surface area contributed by atoms with Gasteiger partial charge < -0.3 is 15.5 Å². The molecule has 5 heteroatoms. The van der Waals surface area contributed by atoms with Crippen LogP contribution in [0.25, 0.3) is 0 Å². The predicted octanol–water partition coefficient (Wildman–Crippen LogP) is 2.69. The van der Waals surface area contributed by atoms with E-state index in [9.17, 15) is 0 Å². The third kappa shape index (κ3) is 8.34. The number of aromatic nitrogens is 1. The van der Waals surface area contributed by atoms with Gasteiger partial charge in [-0.05, 0) is 63.7 Å². The van der Waals surface area contributed by atoms with E-state index in [4.69, 9.17) is 4.99 Å². The molecule has 2 N–H and O–H groups in total. The maximum atomic E-state index is 4.70. The molecule has 1 atom stereocenters. The van der Waals surface area contributed by atoms with Crippen LogP contribution in [0, 0.1) is 5.92 Å². The molecule has 5 nitrogen and oxygen atoms in total. The average Bonchev–Trinajstić information content (AvgIpc) is 2.62. The summed E-state index contributed by atoms with van der Waals surface area (Å²) in [7, 11) is 0. The Balaban J connectivity index is 1.61. The fraction of sp³-hybridized carbons (Fsp3) is 0.700. The Bertz CT molecular complexity index is 488. The van der Waals surface area contributed by atoms with Crippen LogP contribution in [-0.2, 0) is 6.42 Å². The molecule has 2 rings (SSSR count). The van der Waals surface area contributed by atoms with Gasteiger partial charge in [0, 0.05) is 44.5 Å². The van der Waals surface area contributed by atoms with Crippen LogP contribution in [0.15, 0.2) is 29.4 Å². The first kappa shape index (κ1) is 19.7. The van der Waals surface area contributed by atoms with E-state index in [1.807, 2.05) is 18.3 Å². The van der Waals surface area contributed by atoms with Crippen LogP contribution in [0.1, 0.15) is 45.2 Å². The molecular weight excluding hydrogens is 310 g/mol. The minimum atomic E-state index is 0.856. The number of hydrogen-bond acceptors (Lipinski definition) is 3. The average molecular weight is 346 g/mol. The number of hydrogen-bond donors (Lipinski definition) is 2. The molecule has 0 saturated carbocycles. The van der Waals surface area contributed by atoms with Crippen LogP contribution in [-0.4, -0.2) is 55.1 Å². The number of likely N-dealkylation sites (tertiary alicyclic amines) is 1. The maximum Gasteiger partial charge on any atom is 0.191 e. The Kier molecular flexibility index (Phi) is 9.34. The zero-order valence-corrected chi connectivity index (χ0v) is 16.0. The second-order valence-corrected chi connectivity index (χ2v) is 7.01. The van der Waals surface area contributed by atoms with E-state index < -0.39 is 0 Å². The first-order chi connectivity index (χ1) is 12.3. The predicted molar refractivity (Wildman–Crippen MR) is 106 cm³/mol. The number of pyridine rings is 1. The molecule has 0 aromatic carbocycles. The molecule has 1 saturated heterocycles. The van der Waals surface area contributed by atoms with E-state index >= 15 is 0 Å². The molecular formula is C20H35N5. The summed E-state index contributed by atoms with van der Waals surface area (Å²) in [6, 6.07) is 6.05. The molecule has 1 fully saturated rings. The van der Waals surface area contributed by atoms with Crippen molar-refractivity contribution in [1.82, 2.24) is 20.5 Å². The molecule has 0 radical (unpaired) electrons. The molecule has 1 unspecified atom stereocenters. The maximum absolute atomic E-state index is 4.70. The summed E-state index contributed by atoms with van der Waals surface area (Å²) in [6.45, 7) is 10.9. The van der Waals surface area contributed by atoms with Crippen molar-refractivity contribution in [2.75, 3.05) is 39.3 Å². The molecule has 1 aromatic heterocycles. The van der Waals surface area contributed by atoms with Crippen LogP contribution < -0.4 is 10.6 Å².